The number of hydrogen-bond acceptors (Lipinski definition) is 4. The van der Waals surface area contributed by atoms with Crippen molar-refractivity contribution in [2.24, 2.45) is 0 Å². The van der Waals surface area contributed by atoms with Gasteiger partial charge in [-0.15, -0.1) is 0 Å². The Kier molecular flexibility index (Phi) is 6.74. The van der Waals surface area contributed by atoms with Gasteiger partial charge in [0.25, 0.3) is 0 Å². The summed E-state index contributed by atoms with van der Waals surface area (Å²) < 4.78 is 11.7. The van der Waals surface area contributed by atoms with Crippen molar-refractivity contribution < 1.29 is 9.15 Å². The molecule has 2 heterocycles. The van der Waals surface area contributed by atoms with E-state index >= 15 is 0 Å². The predicted molar refractivity (Wildman–Crippen MR) is 85.4 cm³/mol. The Hall–Kier alpha value is -0.840. The van der Waals surface area contributed by atoms with Crippen molar-refractivity contribution in [2.45, 2.75) is 59.2 Å². The fraction of sp³-hybridized carbons (Fsp3) is 0.765. The van der Waals surface area contributed by atoms with Crippen LogP contribution in [0.4, 0.5) is 0 Å². The number of likely N-dealkylation sites (tertiary alicyclic amines) is 1. The Morgan fingerprint density at radius 3 is 3.05 bits per heavy atom. The van der Waals surface area contributed by atoms with Crippen molar-refractivity contribution in [1.29, 1.82) is 0 Å². The second-order valence-corrected chi connectivity index (χ2v) is 5.94. The molecule has 1 aliphatic heterocycles. The van der Waals surface area contributed by atoms with Gasteiger partial charge in [-0.1, -0.05) is 13.8 Å². The molecule has 1 aliphatic rings. The first-order valence-electron chi connectivity index (χ1n) is 8.35. The van der Waals surface area contributed by atoms with E-state index < -0.39 is 0 Å². The van der Waals surface area contributed by atoms with E-state index in [0.29, 0.717) is 6.10 Å². The minimum atomic E-state index is 0.409. The van der Waals surface area contributed by atoms with Crippen LogP contribution >= 0.6 is 0 Å². The molecule has 2 rings (SSSR count). The standard InChI is InChI=1S/C17H30N2O2/c1-4-9-20-16-7-6-8-19(13-16)12-15-10-17(11-18-5-2)21-14(15)3/h10,16,18H,4-9,11-13H2,1-3H3. The summed E-state index contributed by atoms with van der Waals surface area (Å²) in [5.74, 6) is 2.10. The van der Waals surface area contributed by atoms with E-state index in [1.54, 1.807) is 0 Å². The lowest BCUT2D eigenvalue weighted by molar-refractivity contribution is -0.00232. The van der Waals surface area contributed by atoms with Crippen LogP contribution < -0.4 is 5.32 Å². The van der Waals surface area contributed by atoms with Gasteiger partial charge in [0.2, 0.25) is 0 Å². The molecule has 1 atom stereocenters. The largest absolute Gasteiger partial charge is 0.465 e. The molecular formula is C17H30N2O2. The average molecular weight is 294 g/mol. The van der Waals surface area contributed by atoms with Crippen LogP contribution in [0.15, 0.2) is 10.5 Å². The van der Waals surface area contributed by atoms with Crippen molar-refractivity contribution in [3.05, 3.63) is 23.2 Å². The maximum atomic E-state index is 5.91. The quantitative estimate of drug-likeness (QED) is 0.799. The Morgan fingerprint density at radius 1 is 1.43 bits per heavy atom. The Labute approximate surface area is 128 Å². The Morgan fingerprint density at radius 2 is 2.29 bits per heavy atom. The number of ether oxygens (including phenoxy) is 1. The van der Waals surface area contributed by atoms with Crippen LogP contribution in [-0.2, 0) is 17.8 Å². The lowest BCUT2D eigenvalue weighted by Crippen LogP contribution is -2.39. The summed E-state index contributed by atoms with van der Waals surface area (Å²) in [4.78, 5) is 2.50. The number of piperidine rings is 1. The van der Waals surface area contributed by atoms with Gasteiger partial charge in [-0.3, -0.25) is 4.90 Å². The fourth-order valence-electron chi connectivity index (χ4n) is 2.90. The van der Waals surface area contributed by atoms with Crippen LogP contribution in [0.1, 0.15) is 50.2 Å². The number of nitrogens with one attached hydrogen (secondary N) is 1. The zero-order chi connectivity index (χ0) is 15.1. The first kappa shape index (κ1) is 16.5. The van der Waals surface area contributed by atoms with E-state index in [1.807, 2.05) is 0 Å². The van der Waals surface area contributed by atoms with Gasteiger partial charge in [0.05, 0.1) is 12.6 Å². The van der Waals surface area contributed by atoms with Gasteiger partial charge in [-0.25, -0.2) is 0 Å². The molecular weight excluding hydrogens is 264 g/mol. The van der Waals surface area contributed by atoms with Gasteiger partial charge in [-0.2, -0.15) is 0 Å². The van der Waals surface area contributed by atoms with Crippen LogP contribution in [0.25, 0.3) is 0 Å². The molecule has 4 heteroatoms. The van der Waals surface area contributed by atoms with Crippen molar-refractivity contribution in [1.82, 2.24) is 10.2 Å². The summed E-state index contributed by atoms with van der Waals surface area (Å²) in [6, 6.07) is 2.20. The van der Waals surface area contributed by atoms with Crippen LogP contribution in [0.5, 0.6) is 0 Å². The van der Waals surface area contributed by atoms with E-state index in [0.717, 1.165) is 50.7 Å². The average Bonchev–Trinajstić information content (AvgIpc) is 2.83. The zero-order valence-corrected chi connectivity index (χ0v) is 13.8. The molecule has 21 heavy (non-hydrogen) atoms. The molecule has 0 aromatic carbocycles. The number of nitrogens with zero attached hydrogens (tertiary/aromatic N) is 1. The summed E-state index contributed by atoms with van der Waals surface area (Å²) in [6.45, 7) is 12.2. The predicted octanol–water partition coefficient (Wildman–Crippen LogP) is 3.09. The van der Waals surface area contributed by atoms with Gasteiger partial charge < -0.3 is 14.5 Å². The van der Waals surface area contributed by atoms with Crippen LogP contribution in [0, 0.1) is 6.92 Å². The van der Waals surface area contributed by atoms with Crippen molar-refractivity contribution >= 4 is 0 Å². The second kappa shape index (κ2) is 8.57. The molecule has 0 radical (unpaired) electrons. The van der Waals surface area contributed by atoms with Crippen molar-refractivity contribution in [2.75, 3.05) is 26.2 Å². The minimum Gasteiger partial charge on any atom is -0.465 e. The Bertz CT molecular complexity index is 417. The van der Waals surface area contributed by atoms with E-state index in [2.05, 4.69) is 37.1 Å². The minimum absolute atomic E-state index is 0.409. The summed E-state index contributed by atoms with van der Waals surface area (Å²) in [6.07, 6.45) is 3.94. The molecule has 0 aliphatic carbocycles. The summed E-state index contributed by atoms with van der Waals surface area (Å²) >= 11 is 0. The first-order chi connectivity index (χ1) is 10.2. The van der Waals surface area contributed by atoms with Gasteiger partial charge in [0.1, 0.15) is 11.5 Å². The smallest absolute Gasteiger partial charge is 0.118 e. The molecule has 1 aromatic rings. The zero-order valence-electron chi connectivity index (χ0n) is 13.8. The third-order valence-corrected chi connectivity index (χ3v) is 4.03. The van der Waals surface area contributed by atoms with E-state index in [4.69, 9.17) is 9.15 Å². The number of hydrogen-bond donors (Lipinski definition) is 1. The lowest BCUT2D eigenvalue weighted by Gasteiger charge is -2.32. The highest BCUT2D eigenvalue weighted by molar-refractivity contribution is 5.20. The van der Waals surface area contributed by atoms with Crippen molar-refractivity contribution in [3.63, 3.8) is 0 Å². The molecule has 1 fully saturated rings. The van der Waals surface area contributed by atoms with Gasteiger partial charge in [-0.05, 0) is 45.3 Å². The second-order valence-electron chi connectivity index (χ2n) is 5.94. The van der Waals surface area contributed by atoms with Gasteiger partial charge in [0, 0.05) is 25.3 Å². The summed E-state index contributed by atoms with van der Waals surface area (Å²) in [5, 5.41) is 3.31. The molecule has 0 spiro atoms. The SMILES string of the molecule is CCCOC1CCCN(Cc2cc(CNCC)oc2C)C1. The summed E-state index contributed by atoms with van der Waals surface area (Å²) in [5.41, 5.74) is 1.32. The van der Waals surface area contributed by atoms with E-state index in [-0.39, 0.29) is 0 Å². The summed E-state index contributed by atoms with van der Waals surface area (Å²) in [7, 11) is 0. The highest BCUT2D eigenvalue weighted by atomic mass is 16.5. The monoisotopic (exact) mass is 294 g/mol. The first-order valence-corrected chi connectivity index (χ1v) is 8.35. The Balaban J connectivity index is 1.87. The highest BCUT2D eigenvalue weighted by Gasteiger charge is 2.21. The van der Waals surface area contributed by atoms with E-state index in [9.17, 15) is 0 Å². The fourth-order valence-corrected chi connectivity index (χ4v) is 2.90. The molecule has 1 unspecified atom stereocenters. The normalized spacial score (nSPS) is 20.0. The molecule has 0 bridgehead atoms. The topological polar surface area (TPSA) is 37.6 Å². The molecule has 1 N–H and O–H groups in total. The highest BCUT2D eigenvalue weighted by Crippen LogP contribution is 2.20. The molecule has 1 aromatic heterocycles. The van der Waals surface area contributed by atoms with Crippen LogP contribution in [0.3, 0.4) is 0 Å². The molecule has 120 valence electrons. The van der Waals surface area contributed by atoms with Crippen LogP contribution in [-0.4, -0.2) is 37.2 Å². The maximum Gasteiger partial charge on any atom is 0.118 e. The number of furan rings is 1. The number of aryl methyl sites for hydroxylation is 1. The lowest BCUT2D eigenvalue weighted by atomic mass is 10.1. The van der Waals surface area contributed by atoms with Gasteiger partial charge >= 0.3 is 0 Å². The van der Waals surface area contributed by atoms with Crippen molar-refractivity contribution in [3.8, 4) is 0 Å². The van der Waals surface area contributed by atoms with Gasteiger partial charge in [0.15, 0.2) is 0 Å². The molecule has 4 nitrogen and oxygen atoms in total. The molecule has 0 saturated carbocycles. The third kappa shape index (κ3) is 5.13. The third-order valence-electron chi connectivity index (χ3n) is 4.03. The molecule has 1 saturated heterocycles. The van der Waals surface area contributed by atoms with Crippen LogP contribution in [0.2, 0.25) is 0 Å². The van der Waals surface area contributed by atoms with E-state index in [1.165, 1.54) is 24.9 Å². The maximum absolute atomic E-state index is 5.91. The molecule has 0 amide bonds. The number of rotatable bonds is 8.